The van der Waals surface area contributed by atoms with Crippen LogP contribution < -0.4 is 15.2 Å². The van der Waals surface area contributed by atoms with Crippen LogP contribution in [0, 0.1) is 0 Å². The fraction of sp³-hybridized carbons (Fsp3) is 0.375. The number of carbonyl (C=O) groups is 1. The number of fused-ring (bicyclic) bond motifs is 1. The summed E-state index contributed by atoms with van der Waals surface area (Å²) in [5.74, 6) is 1.31. The maximum absolute atomic E-state index is 12.6. The smallest absolute Gasteiger partial charge is 0.319 e. The second-order valence-electron chi connectivity index (χ2n) is 7.13. The molecule has 1 atom stereocenters. The summed E-state index contributed by atoms with van der Waals surface area (Å²) < 4.78 is 13.0. The van der Waals surface area contributed by atoms with E-state index in [1.54, 1.807) is 30.0 Å². The summed E-state index contributed by atoms with van der Waals surface area (Å²) in [5, 5.41) is 0.313. The first-order valence-corrected chi connectivity index (χ1v) is 12.5. The van der Waals surface area contributed by atoms with Gasteiger partial charge in [0.25, 0.3) is 5.56 Å². The van der Waals surface area contributed by atoms with Gasteiger partial charge >= 0.3 is 10.8 Å². The lowest BCUT2D eigenvalue weighted by molar-refractivity contribution is -0.142. The number of hydrogen-bond donors (Lipinski definition) is 0. The van der Waals surface area contributed by atoms with Crippen LogP contribution in [0.2, 0.25) is 0 Å². The predicted octanol–water partition coefficient (Wildman–Crippen LogP) is 4.12. The lowest BCUT2D eigenvalue weighted by Gasteiger charge is -2.15. The van der Waals surface area contributed by atoms with Crippen LogP contribution in [0.15, 0.2) is 58.1 Å². The summed E-state index contributed by atoms with van der Waals surface area (Å²) in [6, 6.07) is 14.6. The molecule has 8 heteroatoms. The van der Waals surface area contributed by atoms with Gasteiger partial charge in [-0.05, 0) is 48.4 Å². The summed E-state index contributed by atoms with van der Waals surface area (Å²) in [6.07, 6.45) is 1.40. The third-order valence-electron chi connectivity index (χ3n) is 4.79. The van der Waals surface area contributed by atoms with Crippen LogP contribution in [0.25, 0.3) is 10.1 Å². The molecule has 6 nitrogen and oxygen atoms in total. The maximum Gasteiger partial charge on any atom is 0.319 e. The summed E-state index contributed by atoms with van der Waals surface area (Å²) in [4.78, 5) is 36.9. The van der Waals surface area contributed by atoms with E-state index in [0.29, 0.717) is 28.9 Å². The Morgan fingerprint density at radius 1 is 1.06 bits per heavy atom. The second kappa shape index (κ2) is 11.9. The van der Waals surface area contributed by atoms with Gasteiger partial charge in [0.15, 0.2) is 0 Å². The molecule has 0 aliphatic heterocycles. The van der Waals surface area contributed by atoms with Crippen molar-refractivity contribution >= 4 is 39.2 Å². The van der Waals surface area contributed by atoms with E-state index in [1.165, 1.54) is 4.57 Å². The molecule has 0 aliphatic carbocycles. The molecule has 0 saturated heterocycles. The van der Waals surface area contributed by atoms with Crippen molar-refractivity contribution in [1.82, 2.24) is 4.57 Å². The Kier molecular flexibility index (Phi) is 8.93. The molecule has 0 fully saturated rings. The minimum atomic E-state index is -0.294. The molecule has 0 N–H and O–H groups in total. The third-order valence-corrected chi connectivity index (χ3v) is 6.85. The first kappa shape index (κ1) is 24.1. The van der Waals surface area contributed by atoms with E-state index < -0.39 is 0 Å². The number of aromatic nitrogens is 1. The zero-order valence-electron chi connectivity index (χ0n) is 18.2. The van der Waals surface area contributed by atoms with Crippen LogP contribution in [0.3, 0.4) is 0 Å². The monoisotopic (exact) mass is 473 g/mol. The van der Waals surface area contributed by atoms with Crippen molar-refractivity contribution in [2.24, 2.45) is 0 Å². The fourth-order valence-electron chi connectivity index (χ4n) is 3.20. The molecule has 0 aliphatic rings. The highest BCUT2D eigenvalue weighted by molar-refractivity contribution is 8.00. The number of ether oxygens (including phenoxy) is 2. The predicted molar refractivity (Wildman–Crippen MR) is 131 cm³/mol. The normalized spacial score (nSPS) is 11.9. The molecule has 0 spiro atoms. The van der Waals surface area contributed by atoms with E-state index in [2.05, 4.69) is 0 Å². The molecule has 0 radical (unpaired) electrons. The van der Waals surface area contributed by atoms with Gasteiger partial charge in [-0.3, -0.25) is 19.0 Å². The number of benzene rings is 2. The number of carbonyl (C=O) groups excluding carboxylic acids is 1. The topological polar surface area (TPSA) is 74.6 Å². The molecule has 3 aromatic rings. The minimum absolute atomic E-state index is 0.172. The molecule has 1 aromatic heterocycles. The molecule has 1 heterocycles. The molecule has 3 rings (SSSR count). The molecule has 0 saturated carbocycles. The van der Waals surface area contributed by atoms with Crippen LogP contribution in [0.1, 0.15) is 25.8 Å². The Morgan fingerprint density at radius 2 is 1.81 bits per heavy atom. The number of rotatable bonds is 11. The Labute approximate surface area is 195 Å². The summed E-state index contributed by atoms with van der Waals surface area (Å²) in [5.41, 5.74) is 0.726. The van der Waals surface area contributed by atoms with Crippen molar-refractivity contribution in [2.45, 2.75) is 38.5 Å². The van der Waals surface area contributed by atoms with E-state index in [9.17, 15) is 14.4 Å². The van der Waals surface area contributed by atoms with Crippen molar-refractivity contribution in [3.05, 3.63) is 74.1 Å². The Balaban J connectivity index is 1.59. The van der Waals surface area contributed by atoms with Crippen LogP contribution in [0.4, 0.5) is 0 Å². The van der Waals surface area contributed by atoms with E-state index in [-0.39, 0.29) is 34.8 Å². The van der Waals surface area contributed by atoms with Gasteiger partial charge in [0.1, 0.15) is 17.6 Å². The van der Waals surface area contributed by atoms with Gasteiger partial charge in [0.05, 0.1) is 18.5 Å². The molecule has 32 heavy (non-hydrogen) atoms. The van der Waals surface area contributed by atoms with Crippen LogP contribution >= 0.6 is 23.1 Å². The molecule has 170 valence electrons. The quantitative estimate of drug-likeness (QED) is 0.390. The molecule has 1 unspecified atom stereocenters. The van der Waals surface area contributed by atoms with Gasteiger partial charge in [-0.1, -0.05) is 49.4 Å². The van der Waals surface area contributed by atoms with Crippen LogP contribution in [-0.2, 0) is 22.5 Å². The van der Waals surface area contributed by atoms with Gasteiger partial charge in [0.2, 0.25) is 0 Å². The molecule has 2 aromatic carbocycles. The van der Waals surface area contributed by atoms with E-state index >= 15 is 0 Å². The maximum atomic E-state index is 12.6. The van der Waals surface area contributed by atoms with Crippen molar-refractivity contribution in [3.63, 3.8) is 0 Å². The first-order valence-electron chi connectivity index (χ1n) is 10.7. The lowest BCUT2D eigenvalue weighted by atomic mass is 10.1. The van der Waals surface area contributed by atoms with Crippen molar-refractivity contribution in [1.29, 1.82) is 0 Å². The Morgan fingerprint density at radius 3 is 2.53 bits per heavy atom. The SMILES string of the molecule is CCCOC(=O)C(Cc1ccc(OCCn2c(=O)sc3ccccc3c2=O)cc1)SCC. The molecular formula is C24H27NO5S2. The van der Waals surface area contributed by atoms with E-state index in [0.717, 1.165) is 29.1 Å². The van der Waals surface area contributed by atoms with Gasteiger partial charge in [-0.2, -0.15) is 0 Å². The second-order valence-corrected chi connectivity index (χ2v) is 9.60. The number of esters is 1. The van der Waals surface area contributed by atoms with Gasteiger partial charge in [-0.25, -0.2) is 0 Å². The highest BCUT2D eigenvalue weighted by atomic mass is 32.2. The average Bonchev–Trinajstić information content (AvgIpc) is 2.80. The van der Waals surface area contributed by atoms with Gasteiger partial charge in [0, 0.05) is 4.70 Å². The number of hydrogen-bond acceptors (Lipinski definition) is 7. The van der Waals surface area contributed by atoms with Crippen LogP contribution in [-0.4, -0.2) is 34.8 Å². The molecule has 0 amide bonds. The van der Waals surface area contributed by atoms with E-state index in [1.807, 2.05) is 44.2 Å². The minimum Gasteiger partial charge on any atom is -0.492 e. The highest BCUT2D eigenvalue weighted by Crippen LogP contribution is 2.20. The van der Waals surface area contributed by atoms with Crippen molar-refractivity contribution in [2.75, 3.05) is 19.0 Å². The van der Waals surface area contributed by atoms with Gasteiger partial charge < -0.3 is 9.47 Å². The van der Waals surface area contributed by atoms with Crippen molar-refractivity contribution < 1.29 is 14.3 Å². The fourth-order valence-corrected chi connectivity index (χ4v) is 5.00. The number of thioether (sulfide) groups is 1. The number of nitrogens with zero attached hydrogens (tertiary/aromatic N) is 1. The summed E-state index contributed by atoms with van der Waals surface area (Å²) in [6.45, 7) is 4.83. The Hall–Kier alpha value is -2.58. The zero-order chi connectivity index (χ0) is 22.9. The van der Waals surface area contributed by atoms with Gasteiger partial charge in [-0.15, -0.1) is 11.8 Å². The van der Waals surface area contributed by atoms with Crippen LogP contribution in [0.5, 0.6) is 5.75 Å². The zero-order valence-corrected chi connectivity index (χ0v) is 19.9. The first-order chi connectivity index (χ1) is 15.5. The molecule has 0 bridgehead atoms. The summed E-state index contributed by atoms with van der Waals surface area (Å²) in [7, 11) is 0. The lowest BCUT2D eigenvalue weighted by Crippen LogP contribution is -2.32. The Bertz CT molecular complexity index is 1150. The van der Waals surface area contributed by atoms with E-state index in [4.69, 9.17) is 9.47 Å². The summed E-state index contributed by atoms with van der Waals surface area (Å²) >= 11 is 2.64. The average molecular weight is 474 g/mol. The molecular weight excluding hydrogens is 446 g/mol. The van der Waals surface area contributed by atoms with Crippen molar-refractivity contribution in [3.8, 4) is 5.75 Å². The largest absolute Gasteiger partial charge is 0.492 e. The third kappa shape index (κ3) is 6.23. The standard InChI is InChI=1S/C24H27NO5S2/c1-3-14-30-23(27)21(31-4-2)16-17-9-11-18(12-10-17)29-15-13-25-22(26)19-7-5-6-8-20(19)32-24(25)28/h5-12,21H,3-4,13-16H2,1-2H3. The highest BCUT2D eigenvalue weighted by Gasteiger charge is 2.20.